The summed E-state index contributed by atoms with van der Waals surface area (Å²) in [6, 6.07) is 0.647. The molecule has 1 saturated carbocycles. The summed E-state index contributed by atoms with van der Waals surface area (Å²) in [7, 11) is 2.10. The van der Waals surface area contributed by atoms with Crippen LogP contribution in [0.1, 0.15) is 40.0 Å². The first kappa shape index (κ1) is 14.3. The molecular formula is C15H30N2O. The van der Waals surface area contributed by atoms with Gasteiger partial charge >= 0.3 is 0 Å². The molecule has 1 saturated heterocycles. The molecule has 2 fully saturated rings. The van der Waals surface area contributed by atoms with Gasteiger partial charge < -0.3 is 15.3 Å². The summed E-state index contributed by atoms with van der Waals surface area (Å²) in [5.41, 5.74) is -0.458. The highest BCUT2D eigenvalue weighted by molar-refractivity contribution is 4.92. The highest BCUT2D eigenvalue weighted by Crippen LogP contribution is 2.35. The third-order valence-electron chi connectivity index (χ3n) is 5.05. The summed E-state index contributed by atoms with van der Waals surface area (Å²) < 4.78 is 0. The van der Waals surface area contributed by atoms with Crippen LogP contribution in [0.15, 0.2) is 0 Å². The van der Waals surface area contributed by atoms with Gasteiger partial charge in [0, 0.05) is 25.7 Å². The minimum Gasteiger partial charge on any atom is -0.389 e. The van der Waals surface area contributed by atoms with Crippen molar-refractivity contribution >= 4 is 0 Å². The summed E-state index contributed by atoms with van der Waals surface area (Å²) >= 11 is 0. The molecule has 18 heavy (non-hydrogen) atoms. The molecule has 2 N–H and O–H groups in total. The van der Waals surface area contributed by atoms with E-state index in [9.17, 15) is 5.11 Å². The summed E-state index contributed by atoms with van der Waals surface area (Å²) in [4.78, 5) is 2.46. The fraction of sp³-hybridized carbons (Fsp3) is 1.00. The van der Waals surface area contributed by atoms with Crippen LogP contribution >= 0.6 is 0 Å². The number of hydrogen-bond acceptors (Lipinski definition) is 3. The van der Waals surface area contributed by atoms with E-state index in [1.54, 1.807) is 0 Å². The second-order valence-electron chi connectivity index (χ2n) is 7.09. The van der Waals surface area contributed by atoms with E-state index < -0.39 is 5.60 Å². The average Bonchev–Trinajstić information content (AvgIpc) is 2.61. The summed E-state index contributed by atoms with van der Waals surface area (Å²) in [6.07, 6.45) is 3.58. The van der Waals surface area contributed by atoms with E-state index in [4.69, 9.17) is 0 Å². The van der Waals surface area contributed by atoms with Gasteiger partial charge in [0.05, 0.1) is 5.60 Å². The Kier molecular flexibility index (Phi) is 4.35. The fourth-order valence-corrected chi connectivity index (χ4v) is 4.04. The van der Waals surface area contributed by atoms with Gasteiger partial charge in [0.15, 0.2) is 0 Å². The van der Waals surface area contributed by atoms with Gasteiger partial charge in [-0.1, -0.05) is 13.8 Å². The zero-order valence-corrected chi connectivity index (χ0v) is 12.4. The SMILES string of the molecule is CNC1CC(C)CC(C)C1CN1CCC(C)(O)C1. The van der Waals surface area contributed by atoms with Crippen LogP contribution in [0, 0.1) is 17.8 Å². The number of β-amino-alcohol motifs (C(OH)–C–C–N with tert-alkyl or cyclic N) is 1. The second-order valence-corrected chi connectivity index (χ2v) is 7.09. The Labute approximate surface area is 112 Å². The Morgan fingerprint density at radius 1 is 1.33 bits per heavy atom. The zero-order valence-electron chi connectivity index (χ0n) is 12.4. The quantitative estimate of drug-likeness (QED) is 0.805. The number of nitrogens with zero attached hydrogens (tertiary/aromatic N) is 1. The Hall–Kier alpha value is -0.120. The van der Waals surface area contributed by atoms with Crippen LogP contribution in [0.5, 0.6) is 0 Å². The van der Waals surface area contributed by atoms with Gasteiger partial charge in [-0.2, -0.15) is 0 Å². The van der Waals surface area contributed by atoms with Crippen molar-refractivity contribution in [1.82, 2.24) is 10.2 Å². The molecule has 0 amide bonds. The topological polar surface area (TPSA) is 35.5 Å². The molecule has 3 heteroatoms. The number of aliphatic hydroxyl groups is 1. The Morgan fingerprint density at radius 2 is 2.06 bits per heavy atom. The molecule has 0 radical (unpaired) electrons. The predicted octanol–water partition coefficient (Wildman–Crippen LogP) is 1.71. The van der Waals surface area contributed by atoms with E-state index >= 15 is 0 Å². The van der Waals surface area contributed by atoms with Crippen molar-refractivity contribution in [3.05, 3.63) is 0 Å². The van der Waals surface area contributed by atoms with E-state index in [0.717, 1.165) is 43.8 Å². The molecule has 5 unspecified atom stereocenters. The molecule has 106 valence electrons. The summed E-state index contributed by atoms with van der Waals surface area (Å²) in [6.45, 7) is 9.80. The maximum atomic E-state index is 10.1. The number of nitrogens with one attached hydrogen (secondary N) is 1. The molecule has 3 nitrogen and oxygen atoms in total. The van der Waals surface area contributed by atoms with Crippen molar-refractivity contribution in [1.29, 1.82) is 0 Å². The van der Waals surface area contributed by atoms with Gasteiger partial charge in [0.25, 0.3) is 0 Å². The number of likely N-dealkylation sites (tertiary alicyclic amines) is 1. The van der Waals surface area contributed by atoms with Gasteiger partial charge in [0.2, 0.25) is 0 Å². The van der Waals surface area contributed by atoms with Crippen LogP contribution in [0.3, 0.4) is 0 Å². The lowest BCUT2D eigenvalue weighted by Crippen LogP contribution is -2.48. The number of hydrogen-bond donors (Lipinski definition) is 2. The van der Waals surface area contributed by atoms with Crippen LogP contribution < -0.4 is 5.32 Å². The molecule has 5 atom stereocenters. The van der Waals surface area contributed by atoms with Crippen molar-refractivity contribution in [2.45, 2.75) is 51.7 Å². The average molecular weight is 254 g/mol. The minimum atomic E-state index is -0.458. The van der Waals surface area contributed by atoms with Crippen molar-refractivity contribution in [3.63, 3.8) is 0 Å². The van der Waals surface area contributed by atoms with Gasteiger partial charge in [-0.3, -0.25) is 0 Å². The molecule has 1 aliphatic carbocycles. The lowest BCUT2D eigenvalue weighted by atomic mass is 9.72. The standard InChI is InChI=1S/C15H30N2O/c1-11-7-12(2)13(14(8-11)16-4)9-17-6-5-15(3,18)10-17/h11-14,16,18H,5-10H2,1-4H3. The first-order valence-electron chi connectivity index (χ1n) is 7.53. The van der Waals surface area contributed by atoms with Crippen molar-refractivity contribution in [3.8, 4) is 0 Å². The van der Waals surface area contributed by atoms with Crippen molar-refractivity contribution < 1.29 is 5.11 Å². The Morgan fingerprint density at radius 3 is 2.61 bits per heavy atom. The van der Waals surface area contributed by atoms with Gasteiger partial charge in [-0.05, 0) is 51.0 Å². The van der Waals surface area contributed by atoms with Crippen LogP contribution in [0.25, 0.3) is 0 Å². The van der Waals surface area contributed by atoms with E-state index in [1.807, 2.05) is 6.92 Å². The Balaban J connectivity index is 1.94. The van der Waals surface area contributed by atoms with E-state index in [0.29, 0.717) is 6.04 Å². The second kappa shape index (κ2) is 5.48. The normalized spacial score (nSPS) is 46.5. The number of rotatable bonds is 3. The minimum absolute atomic E-state index is 0.458. The molecule has 0 bridgehead atoms. The van der Waals surface area contributed by atoms with E-state index in [-0.39, 0.29) is 0 Å². The van der Waals surface area contributed by atoms with Gasteiger partial charge in [0.1, 0.15) is 0 Å². The first-order chi connectivity index (χ1) is 8.41. The first-order valence-corrected chi connectivity index (χ1v) is 7.53. The molecule has 0 spiro atoms. The molecular weight excluding hydrogens is 224 g/mol. The molecule has 0 aromatic carbocycles. The largest absolute Gasteiger partial charge is 0.389 e. The van der Waals surface area contributed by atoms with Crippen LogP contribution in [-0.4, -0.2) is 48.3 Å². The molecule has 0 aromatic rings. The van der Waals surface area contributed by atoms with Crippen LogP contribution in [0.2, 0.25) is 0 Å². The van der Waals surface area contributed by atoms with Gasteiger partial charge in [-0.25, -0.2) is 0 Å². The molecule has 0 aromatic heterocycles. The van der Waals surface area contributed by atoms with E-state index in [1.165, 1.54) is 12.8 Å². The summed E-state index contributed by atoms with van der Waals surface area (Å²) in [5.74, 6) is 2.37. The maximum absolute atomic E-state index is 10.1. The monoisotopic (exact) mass is 254 g/mol. The zero-order chi connectivity index (χ0) is 13.3. The van der Waals surface area contributed by atoms with Gasteiger partial charge in [-0.15, -0.1) is 0 Å². The highest BCUT2D eigenvalue weighted by Gasteiger charge is 2.37. The summed E-state index contributed by atoms with van der Waals surface area (Å²) in [5, 5.41) is 13.6. The molecule has 1 aliphatic heterocycles. The predicted molar refractivity (Wildman–Crippen MR) is 75.6 cm³/mol. The third kappa shape index (κ3) is 3.25. The smallest absolute Gasteiger partial charge is 0.0758 e. The highest BCUT2D eigenvalue weighted by atomic mass is 16.3. The molecule has 2 aliphatic rings. The molecule has 1 heterocycles. The Bertz CT molecular complexity index is 280. The van der Waals surface area contributed by atoms with Crippen LogP contribution in [-0.2, 0) is 0 Å². The fourth-order valence-electron chi connectivity index (χ4n) is 4.04. The lowest BCUT2D eigenvalue weighted by molar-refractivity contribution is 0.0573. The molecule has 2 rings (SSSR count). The maximum Gasteiger partial charge on any atom is 0.0758 e. The van der Waals surface area contributed by atoms with Crippen LogP contribution in [0.4, 0.5) is 0 Å². The van der Waals surface area contributed by atoms with E-state index in [2.05, 4.69) is 31.1 Å². The van der Waals surface area contributed by atoms with Crippen molar-refractivity contribution in [2.24, 2.45) is 17.8 Å². The lowest BCUT2D eigenvalue weighted by Gasteiger charge is -2.41. The van der Waals surface area contributed by atoms with Crippen molar-refractivity contribution in [2.75, 3.05) is 26.7 Å². The third-order valence-corrected chi connectivity index (χ3v) is 5.05.